The van der Waals surface area contributed by atoms with Crippen LogP contribution in [-0.2, 0) is 17.6 Å². The molecule has 0 bridgehead atoms. The minimum absolute atomic E-state index is 0.0922. The summed E-state index contributed by atoms with van der Waals surface area (Å²) in [5.74, 6) is 1.62. The van der Waals surface area contributed by atoms with Crippen molar-refractivity contribution >= 4 is 17.2 Å². The van der Waals surface area contributed by atoms with Crippen LogP contribution in [0.25, 0.3) is 5.69 Å². The first-order valence-electron chi connectivity index (χ1n) is 9.44. The Hall–Kier alpha value is -3.26. The lowest BCUT2D eigenvalue weighted by atomic mass is 9.97. The van der Waals surface area contributed by atoms with E-state index in [9.17, 15) is 4.79 Å². The van der Waals surface area contributed by atoms with Crippen LogP contribution < -0.4 is 0 Å². The molecule has 1 aromatic carbocycles. The van der Waals surface area contributed by atoms with Crippen LogP contribution >= 0.6 is 11.3 Å². The minimum atomic E-state index is -0.157. The fourth-order valence-corrected chi connectivity index (χ4v) is 4.74. The van der Waals surface area contributed by atoms with Crippen molar-refractivity contribution in [2.45, 2.75) is 25.8 Å². The minimum Gasteiger partial charge on any atom is -0.467 e. The third-order valence-corrected chi connectivity index (χ3v) is 6.26. The third kappa shape index (κ3) is 3.25. The Labute approximate surface area is 171 Å². The van der Waals surface area contributed by atoms with Crippen molar-refractivity contribution in [1.82, 2.24) is 25.1 Å². The second-order valence-corrected chi connectivity index (χ2v) is 8.04. The molecule has 8 heteroatoms. The Morgan fingerprint density at radius 3 is 2.83 bits per heavy atom. The molecule has 0 radical (unpaired) electrons. The zero-order valence-electron chi connectivity index (χ0n) is 15.9. The molecule has 7 nitrogen and oxygen atoms in total. The van der Waals surface area contributed by atoms with Crippen LogP contribution in [0.2, 0.25) is 0 Å². The van der Waals surface area contributed by atoms with Gasteiger partial charge in [-0.1, -0.05) is 12.1 Å². The highest BCUT2D eigenvalue weighted by molar-refractivity contribution is 7.10. The molecule has 4 aromatic rings. The van der Waals surface area contributed by atoms with E-state index in [1.807, 2.05) is 48.2 Å². The van der Waals surface area contributed by atoms with Gasteiger partial charge in [-0.15, -0.1) is 16.4 Å². The molecule has 5 rings (SSSR count). The predicted octanol–water partition coefficient (Wildman–Crippen LogP) is 3.34. The summed E-state index contributed by atoms with van der Waals surface area (Å²) < 4.78 is 7.36. The van der Waals surface area contributed by atoms with Gasteiger partial charge in [0, 0.05) is 11.4 Å². The molecule has 29 heavy (non-hydrogen) atoms. The first kappa shape index (κ1) is 17.8. The summed E-state index contributed by atoms with van der Waals surface area (Å²) >= 11 is 1.75. The van der Waals surface area contributed by atoms with Gasteiger partial charge in [0.1, 0.15) is 11.8 Å². The number of fused-ring (bicyclic) bond motifs is 1. The van der Waals surface area contributed by atoms with Crippen LogP contribution in [0.4, 0.5) is 0 Å². The molecule has 146 valence electrons. The van der Waals surface area contributed by atoms with Crippen LogP contribution in [0.5, 0.6) is 0 Å². The molecule has 0 N–H and O–H groups in total. The second-order valence-electron chi connectivity index (χ2n) is 7.04. The van der Waals surface area contributed by atoms with Gasteiger partial charge in [-0.3, -0.25) is 4.79 Å². The van der Waals surface area contributed by atoms with Crippen molar-refractivity contribution in [3.05, 3.63) is 81.7 Å². The van der Waals surface area contributed by atoms with Crippen LogP contribution in [-0.4, -0.2) is 37.6 Å². The predicted molar refractivity (Wildman–Crippen MR) is 108 cm³/mol. The molecule has 0 unspecified atom stereocenters. The van der Waals surface area contributed by atoms with E-state index in [0.29, 0.717) is 13.0 Å². The third-order valence-electron chi connectivity index (χ3n) is 5.26. The van der Waals surface area contributed by atoms with Gasteiger partial charge in [0.25, 0.3) is 0 Å². The number of benzene rings is 1. The summed E-state index contributed by atoms with van der Waals surface area (Å²) in [6.07, 6.45) is 2.89. The molecule has 0 saturated carbocycles. The number of hydrogen-bond acceptors (Lipinski definition) is 6. The van der Waals surface area contributed by atoms with Crippen molar-refractivity contribution in [3.8, 4) is 5.69 Å². The molecule has 0 aliphatic carbocycles. The van der Waals surface area contributed by atoms with Crippen LogP contribution in [0, 0.1) is 6.92 Å². The largest absolute Gasteiger partial charge is 0.467 e. The fraction of sp³-hybridized carbons (Fsp3) is 0.238. The van der Waals surface area contributed by atoms with E-state index < -0.39 is 0 Å². The lowest BCUT2D eigenvalue weighted by Gasteiger charge is -2.35. The highest BCUT2D eigenvalue weighted by Gasteiger charge is 2.34. The van der Waals surface area contributed by atoms with Gasteiger partial charge < -0.3 is 9.32 Å². The van der Waals surface area contributed by atoms with E-state index in [-0.39, 0.29) is 11.9 Å². The number of tetrazole rings is 1. The number of aryl methyl sites for hydroxylation is 1. The number of carbonyl (C=O) groups is 1. The van der Waals surface area contributed by atoms with Crippen LogP contribution in [0.3, 0.4) is 0 Å². The van der Waals surface area contributed by atoms with E-state index in [1.165, 1.54) is 10.4 Å². The molecule has 1 aliphatic rings. The van der Waals surface area contributed by atoms with E-state index >= 15 is 0 Å². The smallest absolute Gasteiger partial charge is 0.227 e. The standard InChI is InChI=1S/C21H19N5O2S/c1-14-22-23-24-26(14)16-6-4-15(5-7-16)13-20(27)25-10-8-19-17(9-12-29-19)21(25)18-3-2-11-28-18/h2-7,9,11-12,21H,8,10,13H2,1H3/t21-/m1/s1. The normalized spacial score (nSPS) is 16.0. The fourth-order valence-electron chi connectivity index (χ4n) is 3.84. The maximum absolute atomic E-state index is 13.2. The summed E-state index contributed by atoms with van der Waals surface area (Å²) in [6.45, 7) is 2.54. The van der Waals surface area contributed by atoms with Crippen molar-refractivity contribution in [2.24, 2.45) is 0 Å². The summed E-state index contributed by atoms with van der Waals surface area (Å²) in [5.41, 5.74) is 3.01. The van der Waals surface area contributed by atoms with Crippen LogP contribution in [0.1, 0.15) is 33.6 Å². The van der Waals surface area contributed by atoms with E-state index in [0.717, 1.165) is 29.3 Å². The van der Waals surface area contributed by atoms with E-state index in [4.69, 9.17) is 4.42 Å². The Bertz CT molecular complexity index is 1130. The first-order valence-corrected chi connectivity index (χ1v) is 10.3. The zero-order chi connectivity index (χ0) is 19.8. The SMILES string of the molecule is Cc1nnnn1-c1ccc(CC(=O)N2CCc3sccc3[C@@H]2c2ccco2)cc1. The summed E-state index contributed by atoms with van der Waals surface area (Å²) in [6, 6.07) is 13.5. The molecule has 1 aliphatic heterocycles. The highest BCUT2D eigenvalue weighted by atomic mass is 32.1. The second kappa shape index (κ2) is 7.29. The topological polar surface area (TPSA) is 77.1 Å². The Balaban J connectivity index is 1.38. The molecule has 4 heterocycles. The van der Waals surface area contributed by atoms with Crippen molar-refractivity contribution in [2.75, 3.05) is 6.54 Å². The molecule has 0 saturated heterocycles. The lowest BCUT2D eigenvalue weighted by Crippen LogP contribution is -2.40. The Morgan fingerprint density at radius 2 is 2.10 bits per heavy atom. The Morgan fingerprint density at radius 1 is 1.24 bits per heavy atom. The first-order chi connectivity index (χ1) is 14.2. The van der Waals surface area contributed by atoms with Gasteiger partial charge in [0.15, 0.2) is 5.82 Å². The number of thiophene rings is 1. The molecular weight excluding hydrogens is 386 g/mol. The molecular formula is C21H19N5O2S. The highest BCUT2D eigenvalue weighted by Crippen LogP contribution is 2.38. The number of furan rings is 1. The molecule has 1 atom stereocenters. The summed E-state index contributed by atoms with van der Waals surface area (Å²) in [7, 11) is 0. The maximum atomic E-state index is 13.2. The quantitative estimate of drug-likeness (QED) is 0.520. The lowest BCUT2D eigenvalue weighted by molar-refractivity contribution is -0.132. The number of hydrogen-bond donors (Lipinski definition) is 0. The van der Waals surface area contributed by atoms with E-state index in [1.54, 1.807) is 22.3 Å². The average Bonchev–Trinajstić information content (AvgIpc) is 3.49. The number of rotatable bonds is 4. The summed E-state index contributed by atoms with van der Waals surface area (Å²) in [5, 5.41) is 13.6. The van der Waals surface area contributed by atoms with Gasteiger partial charge in [-0.2, -0.15) is 4.68 Å². The van der Waals surface area contributed by atoms with Gasteiger partial charge in [-0.25, -0.2) is 0 Å². The number of carbonyl (C=O) groups excluding carboxylic acids is 1. The summed E-state index contributed by atoms with van der Waals surface area (Å²) in [4.78, 5) is 16.5. The Kier molecular flexibility index (Phi) is 4.48. The number of amides is 1. The zero-order valence-corrected chi connectivity index (χ0v) is 16.7. The monoisotopic (exact) mass is 405 g/mol. The van der Waals surface area contributed by atoms with Crippen molar-refractivity contribution in [1.29, 1.82) is 0 Å². The maximum Gasteiger partial charge on any atom is 0.227 e. The van der Waals surface area contributed by atoms with Gasteiger partial charge in [0.05, 0.1) is 18.4 Å². The molecule has 3 aromatic heterocycles. The van der Waals surface area contributed by atoms with E-state index in [2.05, 4.69) is 27.0 Å². The average molecular weight is 405 g/mol. The molecule has 0 spiro atoms. The van der Waals surface area contributed by atoms with Gasteiger partial charge >= 0.3 is 0 Å². The number of nitrogens with zero attached hydrogens (tertiary/aromatic N) is 5. The van der Waals surface area contributed by atoms with Gasteiger partial charge in [0.2, 0.25) is 5.91 Å². The molecule has 1 amide bonds. The number of aromatic nitrogens is 4. The van der Waals surface area contributed by atoms with Crippen molar-refractivity contribution < 1.29 is 9.21 Å². The van der Waals surface area contributed by atoms with Crippen LogP contribution in [0.15, 0.2) is 58.5 Å². The van der Waals surface area contributed by atoms with Gasteiger partial charge in [-0.05, 0) is 70.6 Å². The molecule has 0 fully saturated rings. The van der Waals surface area contributed by atoms with Crippen molar-refractivity contribution in [3.63, 3.8) is 0 Å².